The number of carboxylic acids is 1. The topological polar surface area (TPSA) is 95.7 Å². The number of hydrogen-bond donors (Lipinski definition) is 2. The minimum Gasteiger partial charge on any atom is -0.478 e. The summed E-state index contributed by atoms with van der Waals surface area (Å²) in [7, 11) is 3.65. The van der Waals surface area contributed by atoms with Crippen LogP contribution >= 0.6 is 0 Å². The fourth-order valence-corrected chi connectivity index (χ4v) is 1.43. The number of nitrogens with one attached hydrogen (secondary N) is 1. The molecule has 0 saturated heterocycles. The van der Waals surface area contributed by atoms with E-state index in [1.807, 2.05) is 19.0 Å². The highest BCUT2D eigenvalue weighted by molar-refractivity contribution is 5.90. The van der Waals surface area contributed by atoms with Gasteiger partial charge < -0.3 is 15.3 Å². The van der Waals surface area contributed by atoms with Gasteiger partial charge in [-0.3, -0.25) is 10.1 Å². The third-order valence-electron chi connectivity index (χ3n) is 2.39. The summed E-state index contributed by atoms with van der Waals surface area (Å²) >= 11 is 0. The average Bonchev–Trinajstić information content (AvgIpc) is 2.27. The molecule has 0 atom stereocenters. The van der Waals surface area contributed by atoms with Gasteiger partial charge in [0.1, 0.15) is 17.1 Å². The summed E-state index contributed by atoms with van der Waals surface area (Å²) in [6.45, 7) is 0.971. The number of carbonyl (C=O) groups is 1. The maximum absolute atomic E-state index is 13.5. The first-order chi connectivity index (χ1) is 8.82. The van der Waals surface area contributed by atoms with E-state index in [4.69, 9.17) is 5.11 Å². The number of nitro groups is 1. The van der Waals surface area contributed by atoms with Crippen LogP contribution in [0.3, 0.4) is 0 Å². The standard InChI is InChI=1S/C11H14FN3O4/c1-14(2)4-3-13-9-6-8(12)7(11(16)17)5-10(9)15(18)19/h5-6,13H,3-4H2,1-2H3,(H,16,17). The number of anilines is 1. The second-order valence-corrected chi connectivity index (χ2v) is 4.14. The fourth-order valence-electron chi connectivity index (χ4n) is 1.43. The van der Waals surface area contributed by atoms with E-state index in [9.17, 15) is 19.3 Å². The molecular formula is C11H14FN3O4. The van der Waals surface area contributed by atoms with Crippen molar-refractivity contribution in [3.05, 3.63) is 33.6 Å². The van der Waals surface area contributed by atoms with Gasteiger partial charge in [0, 0.05) is 25.2 Å². The van der Waals surface area contributed by atoms with Gasteiger partial charge in [0.05, 0.1) is 4.92 Å². The van der Waals surface area contributed by atoms with Crippen molar-refractivity contribution in [2.45, 2.75) is 0 Å². The number of hydrogen-bond acceptors (Lipinski definition) is 5. The van der Waals surface area contributed by atoms with Crippen molar-refractivity contribution >= 4 is 17.3 Å². The third kappa shape index (κ3) is 3.88. The van der Waals surface area contributed by atoms with Gasteiger partial charge in [-0.1, -0.05) is 0 Å². The molecular weight excluding hydrogens is 257 g/mol. The number of rotatable bonds is 6. The largest absolute Gasteiger partial charge is 0.478 e. The molecule has 2 N–H and O–H groups in total. The first kappa shape index (κ1) is 14.8. The Morgan fingerprint density at radius 1 is 1.53 bits per heavy atom. The van der Waals surface area contributed by atoms with E-state index in [0.29, 0.717) is 13.1 Å². The monoisotopic (exact) mass is 271 g/mol. The Morgan fingerprint density at radius 3 is 2.63 bits per heavy atom. The van der Waals surface area contributed by atoms with Crippen LogP contribution in [0.2, 0.25) is 0 Å². The van der Waals surface area contributed by atoms with Gasteiger partial charge in [0.15, 0.2) is 0 Å². The van der Waals surface area contributed by atoms with Crippen LogP contribution < -0.4 is 5.32 Å². The van der Waals surface area contributed by atoms with Crippen LogP contribution in [0.5, 0.6) is 0 Å². The van der Waals surface area contributed by atoms with Crippen molar-refractivity contribution in [2.75, 3.05) is 32.5 Å². The number of likely N-dealkylation sites (N-methyl/N-ethyl adjacent to an activating group) is 1. The van der Waals surface area contributed by atoms with Crippen molar-refractivity contribution in [1.29, 1.82) is 0 Å². The quantitative estimate of drug-likeness (QED) is 0.600. The smallest absolute Gasteiger partial charge is 0.338 e. The highest BCUT2D eigenvalue weighted by atomic mass is 19.1. The van der Waals surface area contributed by atoms with Crippen molar-refractivity contribution in [1.82, 2.24) is 4.90 Å². The molecule has 0 heterocycles. The van der Waals surface area contributed by atoms with Crippen LogP contribution in [0.15, 0.2) is 12.1 Å². The zero-order chi connectivity index (χ0) is 14.6. The molecule has 0 aliphatic heterocycles. The van der Waals surface area contributed by atoms with E-state index in [0.717, 1.165) is 12.1 Å². The molecule has 1 aromatic carbocycles. The summed E-state index contributed by atoms with van der Waals surface area (Å²) in [6.07, 6.45) is 0. The summed E-state index contributed by atoms with van der Waals surface area (Å²) in [5.41, 5.74) is -1.21. The Balaban J connectivity index is 3.06. The van der Waals surface area contributed by atoms with Crippen LogP contribution in [0.25, 0.3) is 0 Å². The van der Waals surface area contributed by atoms with E-state index >= 15 is 0 Å². The normalized spacial score (nSPS) is 10.5. The first-order valence-electron chi connectivity index (χ1n) is 5.42. The second kappa shape index (κ2) is 6.10. The maximum Gasteiger partial charge on any atom is 0.338 e. The Bertz CT molecular complexity index is 505. The van der Waals surface area contributed by atoms with Crippen LogP contribution in [-0.4, -0.2) is 48.1 Å². The SMILES string of the molecule is CN(C)CCNc1cc(F)c(C(=O)O)cc1[N+](=O)[O-]. The van der Waals surface area contributed by atoms with E-state index in [1.165, 1.54) is 0 Å². The molecule has 0 aliphatic rings. The lowest BCUT2D eigenvalue weighted by atomic mass is 10.1. The molecule has 0 bridgehead atoms. The predicted molar refractivity (Wildman–Crippen MR) is 67.1 cm³/mol. The van der Waals surface area contributed by atoms with Gasteiger partial charge in [-0.15, -0.1) is 0 Å². The molecule has 0 spiro atoms. The number of carboxylic acid groups (broad SMARTS) is 1. The highest BCUT2D eigenvalue weighted by Crippen LogP contribution is 2.27. The maximum atomic E-state index is 13.5. The summed E-state index contributed by atoms with van der Waals surface area (Å²) in [5.74, 6) is -2.55. The molecule has 0 amide bonds. The van der Waals surface area contributed by atoms with E-state index in [2.05, 4.69) is 5.32 Å². The van der Waals surface area contributed by atoms with Crippen molar-refractivity contribution in [3.63, 3.8) is 0 Å². The van der Waals surface area contributed by atoms with Crippen LogP contribution in [0.1, 0.15) is 10.4 Å². The minimum absolute atomic E-state index is 0.0330. The third-order valence-corrected chi connectivity index (χ3v) is 2.39. The van der Waals surface area contributed by atoms with Crippen molar-refractivity contribution in [3.8, 4) is 0 Å². The van der Waals surface area contributed by atoms with Crippen molar-refractivity contribution in [2.24, 2.45) is 0 Å². The average molecular weight is 271 g/mol. The molecule has 0 radical (unpaired) electrons. The lowest BCUT2D eigenvalue weighted by Gasteiger charge is -2.12. The van der Waals surface area contributed by atoms with Gasteiger partial charge in [0.2, 0.25) is 0 Å². The molecule has 1 aromatic rings. The van der Waals surface area contributed by atoms with E-state index in [1.54, 1.807) is 0 Å². The zero-order valence-corrected chi connectivity index (χ0v) is 10.5. The Morgan fingerprint density at radius 2 is 2.16 bits per heavy atom. The minimum atomic E-state index is -1.54. The van der Waals surface area contributed by atoms with E-state index in [-0.39, 0.29) is 5.69 Å². The van der Waals surface area contributed by atoms with Crippen LogP contribution in [0.4, 0.5) is 15.8 Å². The van der Waals surface area contributed by atoms with Gasteiger partial charge in [0.25, 0.3) is 5.69 Å². The summed E-state index contributed by atoms with van der Waals surface area (Å²) < 4.78 is 13.5. The second-order valence-electron chi connectivity index (χ2n) is 4.14. The van der Waals surface area contributed by atoms with Gasteiger partial charge in [-0.05, 0) is 14.1 Å². The molecule has 0 unspecified atom stereocenters. The van der Waals surface area contributed by atoms with Crippen molar-refractivity contribution < 1.29 is 19.2 Å². The lowest BCUT2D eigenvalue weighted by Crippen LogP contribution is -2.21. The molecule has 0 aromatic heterocycles. The molecule has 1 rings (SSSR count). The molecule has 8 heteroatoms. The molecule has 19 heavy (non-hydrogen) atoms. The van der Waals surface area contributed by atoms with Crippen LogP contribution in [-0.2, 0) is 0 Å². The molecule has 0 saturated carbocycles. The zero-order valence-electron chi connectivity index (χ0n) is 10.5. The Kier molecular flexibility index (Phi) is 4.76. The number of aromatic carboxylic acids is 1. The molecule has 7 nitrogen and oxygen atoms in total. The number of nitro benzene ring substituents is 1. The fraction of sp³-hybridized carbons (Fsp3) is 0.364. The predicted octanol–water partition coefficient (Wildman–Crippen LogP) is 1.41. The number of nitrogens with zero attached hydrogens (tertiary/aromatic N) is 2. The van der Waals surface area contributed by atoms with Gasteiger partial charge in [-0.25, -0.2) is 9.18 Å². The van der Waals surface area contributed by atoms with Crippen LogP contribution in [0, 0.1) is 15.9 Å². The molecule has 0 aliphatic carbocycles. The summed E-state index contributed by atoms with van der Waals surface area (Å²) in [5, 5.41) is 22.3. The first-order valence-corrected chi connectivity index (χ1v) is 5.42. The molecule has 0 fully saturated rings. The molecule has 104 valence electrons. The Labute approximate surface area is 108 Å². The van der Waals surface area contributed by atoms with E-state index < -0.39 is 28.0 Å². The highest BCUT2D eigenvalue weighted by Gasteiger charge is 2.21. The van der Waals surface area contributed by atoms with Gasteiger partial charge >= 0.3 is 5.97 Å². The Hall–Kier alpha value is -2.22. The number of halogens is 1. The number of benzene rings is 1. The lowest BCUT2D eigenvalue weighted by molar-refractivity contribution is -0.384. The summed E-state index contributed by atoms with van der Waals surface area (Å²) in [4.78, 5) is 22.7. The van der Waals surface area contributed by atoms with Gasteiger partial charge in [-0.2, -0.15) is 0 Å². The summed E-state index contributed by atoms with van der Waals surface area (Å²) in [6, 6.07) is 1.55.